The number of nitrogens with one attached hydrogen (secondary N) is 1. The van der Waals surface area contributed by atoms with Gasteiger partial charge in [-0.25, -0.2) is 24.3 Å². The number of fused-ring (bicyclic) bond motifs is 1. The number of hydrogen-bond donors (Lipinski definition) is 1. The molecule has 0 fully saturated rings. The van der Waals surface area contributed by atoms with Crippen LogP contribution in [0.4, 0.5) is 23.4 Å². The van der Waals surface area contributed by atoms with Gasteiger partial charge in [-0.1, -0.05) is 0 Å². The lowest BCUT2D eigenvalue weighted by Crippen LogP contribution is -2.12. The molecule has 3 aromatic heterocycles. The summed E-state index contributed by atoms with van der Waals surface area (Å²) >= 11 is 0. The third-order valence-electron chi connectivity index (χ3n) is 4.37. The molecule has 0 spiro atoms. The van der Waals surface area contributed by atoms with Gasteiger partial charge in [-0.2, -0.15) is 13.2 Å². The van der Waals surface area contributed by atoms with E-state index in [1.807, 2.05) is 0 Å². The number of rotatable bonds is 5. The highest BCUT2D eigenvalue weighted by Crippen LogP contribution is 2.33. The van der Waals surface area contributed by atoms with Gasteiger partial charge >= 0.3 is 6.18 Å². The minimum absolute atomic E-state index is 0.131. The Bertz CT molecular complexity index is 1210. The second-order valence-electron chi connectivity index (χ2n) is 6.42. The SMILES string of the molecule is COc1cc(-c2ccc(F)cn2)cc2c(NCc3cnc(C(F)(F)F)nc3)ncnc12. The first-order valence-corrected chi connectivity index (χ1v) is 8.92. The van der Waals surface area contributed by atoms with Crippen LogP contribution in [0.5, 0.6) is 5.75 Å². The van der Waals surface area contributed by atoms with Gasteiger partial charge in [0, 0.05) is 35.5 Å². The topological polar surface area (TPSA) is 85.7 Å². The normalized spacial score (nSPS) is 11.5. The molecule has 11 heteroatoms. The fourth-order valence-electron chi connectivity index (χ4n) is 2.90. The second-order valence-corrected chi connectivity index (χ2v) is 6.42. The maximum Gasteiger partial charge on any atom is 0.451 e. The summed E-state index contributed by atoms with van der Waals surface area (Å²) < 4.78 is 56.5. The van der Waals surface area contributed by atoms with Gasteiger partial charge in [-0.15, -0.1) is 0 Å². The highest BCUT2D eigenvalue weighted by molar-refractivity contribution is 5.96. The van der Waals surface area contributed by atoms with Gasteiger partial charge in [0.05, 0.1) is 19.0 Å². The molecule has 0 saturated carbocycles. The van der Waals surface area contributed by atoms with Crippen LogP contribution >= 0.6 is 0 Å². The Morgan fingerprint density at radius 1 is 0.968 bits per heavy atom. The highest BCUT2D eigenvalue weighted by atomic mass is 19.4. The molecule has 0 aliphatic carbocycles. The zero-order valence-electron chi connectivity index (χ0n) is 16.0. The molecular weight excluding hydrogens is 416 g/mol. The van der Waals surface area contributed by atoms with E-state index in [0.717, 1.165) is 18.6 Å². The van der Waals surface area contributed by atoms with Crippen molar-refractivity contribution in [1.29, 1.82) is 0 Å². The van der Waals surface area contributed by atoms with Crippen molar-refractivity contribution in [2.24, 2.45) is 0 Å². The van der Waals surface area contributed by atoms with E-state index in [9.17, 15) is 17.6 Å². The molecule has 4 aromatic rings. The largest absolute Gasteiger partial charge is 0.494 e. The van der Waals surface area contributed by atoms with Crippen LogP contribution in [-0.2, 0) is 12.7 Å². The molecule has 1 aromatic carbocycles. The summed E-state index contributed by atoms with van der Waals surface area (Å²) in [7, 11) is 1.49. The highest BCUT2D eigenvalue weighted by Gasteiger charge is 2.34. The number of nitrogens with zero attached hydrogens (tertiary/aromatic N) is 5. The van der Waals surface area contributed by atoms with Crippen molar-refractivity contribution >= 4 is 16.7 Å². The molecule has 158 valence electrons. The average Bonchev–Trinajstić information content (AvgIpc) is 2.77. The molecule has 0 saturated heterocycles. The Balaban J connectivity index is 1.67. The molecule has 3 heterocycles. The summed E-state index contributed by atoms with van der Waals surface area (Å²) in [4.78, 5) is 19.2. The zero-order valence-corrected chi connectivity index (χ0v) is 16.0. The van der Waals surface area contributed by atoms with Crippen molar-refractivity contribution in [2.75, 3.05) is 12.4 Å². The minimum Gasteiger partial charge on any atom is -0.494 e. The quantitative estimate of drug-likeness (QED) is 0.474. The first kappa shape index (κ1) is 20.4. The van der Waals surface area contributed by atoms with E-state index in [-0.39, 0.29) is 6.54 Å². The molecule has 0 unspecified atom stereocenters. The van der Waals surface area contributed by atoms with Crippen LogP contribution < -0.4 is 10.1 Å². The summed E-state index contributed by atoms with van der Waals surface area (Å²) in [5.41, 5.74) is 2.13. The van der Waals surface area contributed by atoms with E-state index in [1.165, 1.54) is 25.6 Å². The van der Waals surface area contributed by atoms with Crippen molar-refractivity contribution < 1.29 is 22.3 Å². The van der Waals surface area contributed by atoms with E-state index in [1.54, 1.807) is 12.1 Å². The predicted octanol–water partition coefficient (Wildman–Crippen LogP) is 4.26. The third kappa shape index (κ3) is 4.34. The van der Waals surface area contributed by atoms with Crippen molar-refractivity contribution in [3.63, 3.8) is 0 Å². The number of pyridine rings is 1. The number of ether oxygens (including phenoxy) is 1. The van der Waals surface area contributed by atoms with Gasteiger partial charge in [-0.3, -0.25) is 4.98 Å². The van der Waals surface area contributed by atoms with Crippen LogP contribution in [0.25, 0.3) is 22.2 Å². The molecule has 7 nitrogen and oxygen atoms in total. The zero-order chi connectivity index (χ0) is 22.0. The number of hydrogen-bond acceptors (Lipinski definition) is 7. The van der Waals surface area contributed by atoms with Crippen LogP contribution in [0.15, 0.2) is 49.2 Å². The fraction of sp³-hybridized carbons (Fsp3) is 0.150. The van der Waals surface area contributed by atoms with Crippen molar-refractivity contribution in [2.45, 2.75) is 12.7 Å². The van der Waals surface area contributed by atoms with Gasteiger partial charge < -0.3 is 10.1 Å². The Morgan fingerprint density at radius 3 is 2.39 bits per heavy atom. The number of alkyl halides is 3. The van der Waals surface area contributed by atoms with E-state index in [2.05, 4.69) is 30.2 Å². The minimum atomic E-state index is -4.60. The van der Waals surface area contributed by atoms with Crippen LogP contribution in [0.2, 0.25) is 0 Å². The predicted molar refractivity (Wildman–Crippen MR) is 104 cm³/mol. The molecule has 0 aliphatic heterocycles. The Morgan fingerprint density at radius 2 is 1.74 bits per heavy atom. The van der Waals surface area contributed by atoms with Gasteiger partial charge in [0.1, 0.15) is 29.2 Å². The molecule has 0 amide bonds. The van der Waals surface area contributed by atoms with E-state index < -0.39 is 17.8 Å². The van der Waals surface area contributed by atoms with Gasteiger partial charge in [0.25, 0.3) is 0 Å². The lowest BCUT2D eigenvalue weighted by atomic mass is 10.1. The average molecular weight is 430 g/mol. The summed E-state index contributed by atoms with van der Waals surface area (Å²) in [6, 6.07) is 6.32. The number of benzene rings is 1. The number of halogens is 4. The lowest BCUT2D eigenvalue weighted by molar-refractivity contribution is -0.145. The van der Waals surface area contributed by atoms with Crippen LogP contribution in [-0.4, -0.2) is 32.0 Å². The molecular formula is C20H14F4N6O. The van der Waals surface area contributed by atoms with Crippen molar-refractivity contribution in [3.8, 4) is 17.0 Å². The molecule has 1 N–H and O–H groups in total. The first-order valence-electron chi connectivity index (χ1n) is 8.92. The lowest BCUT2D eigenvalue weighted by Gasteiger charge is -2.12. The first-order chi connectivity index (χ1) is 14.8. The number of methoxy groups -OCH3 is 1. The third-order valence-corrected chi connectivity index (χ3v) is 4.37. The Hall–Kier alpha value is -3.89. The summed E-state index contributed by atoms with van der Waals surface area (Å²) in [5, 5.41) is 3.65. The molecule has 0 atom stereocenters. The van der Waals surface area contributed by atoms with Crippen LogP contribution in [0.1, 0.15) is 11.4 Å². The van der Waals surface area contributed by atoms with E-state index >= 15 is 0 Å². The van der Waals surface area contributed by atoms with Gasteiger partial charge in [0.2, 0.25) is 5.82 Å². The maximum atomic E-state index is 13.2. The number of anilines is 1. The van der Waals surface area contributed by atoms with E-state index in [4.69, 9.17) is 4.74 Å². The van der Waals surface area contributed by atoms with Crippen molar-refractivity contribution in [3.05, 3.63) is 66.4 Å². The standard InChI is InChI=1S/C20H14F4N6O/c1-31-16-5-12(15-3-2-13(21)9-25-15)4-14-17(16)29-10-30-18(14)26-6-11-7-27-19(28-8-11)20(22,23)24/h2-5,7-10H,6H2,1H3,(H,26,29,30). The maximum absolute atomic E-state index is 13.2. The summed E-state index contributed by atoms with van der Waals surface area (Å²) in [5.74, 6) is -0.778. The van der Waals surface area contributed by atoms with E-state index in [0.29, 0.717) is 39.3 Å². The monoisotopic (exact) mass is 430 g/mol. The molecule has 0 aliphatic rings. The molecule has 31 heavy (non-hydrogen) atoms. The Kier molecular flexibility index (Phi) is 5.32. The van der Waals surface area contributed by atoms with Crippen molar-refractivity contribution in [1.82, 2.24) is 24.9 Å². The Labute approximate surface area is 173 Å². The van der Waals surface area contributed by atoms with Crippen LogP contribution in [0, 0.1) is 5.82 Å². The molecule has 0 radical (unpaired) electrons. The summed E-state index contributed by atoms with van der Waals surface area (Å²) in [6.45, 7) is 0.131. The molecule has 4 rings (SSSR count). The summed E-state index contributed by atoms with van der Waals surface area (Å²) in [6.07, 6.45) is 0.0426. The smallest absolute Gasteiger partial charge is 0.451 e. The second kappa shape index (κ2) is 8.09. The van der Waals surface area contributed by atoms with Gasteiger partial charge in [-0.05, 0) is 24.3 Å². The van der Waals surface area contributed by atoms with Gasteiger partial charge in [0.15, 0.2) is 0 Å². The number of aromatic nitrogens is 5. The fourth-order valence-corrected chi connectivity index (χ4v) is 2.90. The molecule has 0 bridgehead atoms. The van der Waals surface area contributed by atoms with Crippen LogP contribution in [0.3, 0.4) is 0 Å².